The van der Waals surface area contributed by atoms with E-state index in [0.29, 0.717) is 0 Å². The number of hydrogen-bond donors (Lipinski definition) is 1. The van der Waals surface area contributed by atoms with Gasteiger partial charge in [-0.3, -0.25) is 4.79 Å². The van der Waals surface area contributed by atoms with E-state index >= 15 is 0 Å². The van der Waals surface area contributed by atoms with E-state index < -0.39 is 17.5 Å². The Kier molecular flexibility index (Phi) is 5.62. The number of rotatable bonds is 4. The van der Waals surface area contributed by atoms with Crippen LogP contribution in [-0.4, -0.2) is 28.6 Å². The first-order valence-corrected chi connectivity index (χ1v) is 5.98. The molecule has 0 aromatic rings. The first-order chi connectivity index (χ1) is 7.41. The fourth-order valence-corrected chi connectivity index (χ4v) is 1.23. The van der Waals surface area contributed by atoms with Crippen LogP contribution in [0.25, 0.3) is 0 Å². The van der Waals surface area contributed by atoms with Gasteiger partial charge in [0.05, 0.1) is 12.0 Å². The third-order valence-electron chi connectivity index (χ3n) is 1.87. The molecule has 0 saturated carbocycles. The number of aliphatic hydroxyl groups excluding tert-OH is 1. The Morgan fingerprint density at radius 1 is 1.12 bits per heavy atom. The monoisotopic (exact) mass is 246 g/mol. The lowest BCUT2D eigenvalue weighted by molar-refractivity contribution is -0.195. The second-order valence-corrected chi connectivity index (χ2v) is 6.39. The minimum atomic E-state index is -0.956. The van der Waals surface area contributed by atoms with Crippen LogP contribution in [0.2, 0.25) is 0 Å². The molecule has 102 valence electrons. The standard InChI is InChI=1S/C13H26O4/c1-9(11(15)17-13(5,6)7)8-10(14)16-12(2,3)4/h9,11,15H,8H2,1-7H3. The molecule has 0 rings (SSSR count). The van der Waals surface area contributed by atoms with Crippen LogP contribution in [0, 0.1) is 5.92 Å². The topological polar surface area (TPSA) is 55.8 Å². The first kappa shape index (κ1) is 16.4. The first-order valence-electron chi connectivity index (χ1n) is 5.98. The zero-order valence-corrected chi connectivity index (χ0v) is 12.0. The van der Waals surface area contributed by atoms with Crippen LogP contribution < -0.4 is 0 Å². The Balaban J connectivity index is 4.17. The van der Waals surface area contributed by atoms with Gasteiger partial charge in [-0.1, -0.05) is 6.92 Å². The smallest absolute Gasteiger partial charge is 0.306 e. The van der Waals surface area contributed by atoms with Crippen molar-refractivity contribution in [2.45, 2.75) is 72.4 Å². The van der Waals surface area contributed by atoms with Crippen LogP contribution in [0.3, 0.4) is 0 Å². The minimum absolute atomic E-state index is 0.147. The maximum Gasteiger partial charge on any atom is 0.306 e. The summed E-state index contributed by atoms with van der Waals surface area (Å²) in [4.78, 5) is 11.6. The third kappa shape index (κ3) is 9.12. The van der Waals surface area contributed by atoms with E-state index in [4.69, 9.17) is 9.47 Å². The van der Waals surface area contributed by atoms with Crippen molar-refractivity contribution in [3.05, 3.63) is 0 Å². The van der Waals surface area contributed by atoms with Gasteiger partial charge in [0, 0.05) is 5.92 Å². The average Bonchev–Trinajstić information content (AvgIpc) is 1.95. The van der Waals surface area contributed by atoms with Crippen LogP contribution in [0.5, 0.6) is 0 Å². The Bertz CT molecular complexity index is 247. The van der Waals surface area contributed by atoms with Crippen molar-refractivity contribution in [3.8, 4) is 0 Å². The largest absolute Gasteiger partial charge is 0.460 e. The van der Waals surface area contributed by atoms with E-state index in [1.54, 1.807) is 6.92 Å². The van der Waals surface area contributed by atoms with Gasteiger partial charge in [-0.05, 0) is 41.5 Å². The van der Waals surface area contributed by atoms with Gasteiger partial charge in [0.1, 0.15) is 5.60 Å². The number of ether oxygens (including phenoxy) is 2. The second kappa shape index (κ2) is 5.83. The number of aliphatic hydroxyl groups is 1. The number of carbonyl (C=O) groups excluding carboxylic acids is 1. The summed E-state index contributed by atoms with van der Waals surface area (Å²) in [5.74, 6) is -0.606. The number of esters is 1. The van der Waals surface area contributed by atoms with Gasteiger partial charge in [-0.2, -0.15) is 0 Å². The van der Waals surface area contributed by atoms with Crippen LogP contribution in [-0.2, 0) is 14.3 Å². The van der Waals surface area contributed by atoms with Gasteiger partial charge in [0.25, 0.3) is 0 Å². The molecule has 0 aliphatic carbocycles. The van der Waals surface area contributed by atoms with E-state index in [1.807, 2.05) is 41.5 Å². The molecule has 0 radical (unpaired) electrons. The molecule has 0 aliphatic heterocycles. The summed E-state index contributed by atoms with van der Waals surface area (Å²) in [5.41, 5.74) is -0.922. The van der Waals surface area contributed by atoms with Crippen molar-refractivity contribution >= 4 is 5.97 Å². The second-order valence-electron chi connectivity index (χ2n) is 6.39. The number of carbonyl (C=O) groups is 1. The van der Waals surface area contributed by atoms with Crippen LogP contribution in [0.4, 0.5) is 0 Å². The lowest BCUT2D eigenvalue weighted by Gasteiger charge is -2.28. The van der Waals surface area contributed by atoms with Gasteiger partial charge in [0.2, 0.25) is 0 Å². The molecule has 0 aromatic carbocycles. The fourth-order valence-electron chi connectivity index (χ4n) is 1.23. The van der Waals surface area contributed by atoms with Crippen molar-refractivity contribution in [1.29, 1.82) is 0 Å². The molecule has 0 amide bonds. The summed E-state index contributed by atoms with van der Waals surface area (Å²) in [7, 11) is 0. The van der Waals surface area contributed by atoms with Gasteiger partial charge >= 0.3 is 5.97 Å². The normalized spacial score (nSPS) is 16.5. The summed E-state index contributed by atoms with van der Waals surface area (Å²) in [5, 5.41) is 9.77. The quantitative estimate of drug-likeness (QED) is 0.611. The van der Waals surface area contributed by atoms with E-state index in [1.165, 1.54) is 0 Å². The van der Waals surface area contributed by atoms with Crippen molar-refractivity contribution in [1.82, 2.24) is 0 Å². The van der Waals surface area contributed by atoms with E-state index in [-0.39, 0.29) is 18.3 Å². The third-order valence-corrected chi connectivity index (χ3v) is 1.87. The molecular weight excluding hydrogens is 220 g/mol. The molecule has 4 nitrogen and oxygen atoms in total. The molecule has 17 heavy (non-hydrogen) atoms. The highest BCUT2D eigenvalue weighted by Crippen LogP contribution is 2.19. The molecule has 0 heterocycles. The average molecular weight is 246 g/mol. The van der Waals surface area contributed by atoms with Gasteiger partial charge in [0.15, 0.2) is 6.29 Å². The Morgan fingerprint density at radius 2 is 1.59 bits per heavy atom. The van der Waals surface area contributed by atoms with Crippen LogP contribution in [0.1, 0.15) is 54.9 Å². The van der Waals surface area contributed by atoms with Gasteiger partial charge in [-0.25, -0.2) is 0 Å². The van der Waals surface area contributed by atoms with Crippen molar-refractivity contribution in [2.75, 3.05) is 0 Å². The summed E-state index contributed by atoms with van der Waals surface area (Å²) < 4.78 is 10.6. The van der Waals surface area contributed by atoms with Crippen LogP contribution >= 0.6 is 0 Å². The summed E-state index contributed by atoms with van der Waals surface area (Å²) >= 11 is 0. The van der Waals surface area contributed by atoms with E-state index in [2.05, 4.69) is 0 Å². The molecule has 0 spiro atoms. The van der Waals surface area contributed by atoms with E-state index in [9.17, 15) is 9.90 Å². The Hall–Kier alpha value is -0.610. The van der Waals surface area contributed by atoms with Crippen LogP contribution in [0.15, 0.2) is 0 Å². The molecule has 1 N–H and O–H groups in total. The summed E-state index contributed by atoms with van der Waals surface area (Å²) in [6.45, 7) is 12.8. The molecule has 0 aliphatic rings. The molecule has 0 fully saturated rings. The molecular formula is C13H26O4. The van der Waals surface area contributed by atoms with Crippen molar-refractivity contribution in [2.24, 2.45) is 5.92 Å². The maximum atomic E-state index is 11.6. The maximum absolute atomic E-state index is 11.6. The summed E-state index contributed by atoms with van der Waals surface area (Å²) in [6.07, 6.45) is -0.809. The lowest BCUT2D eigenvalue weighted by Crippen LogP contribution is -2.34. The van der Waals surface area contributed by atoms with Gasteiger partial charge in [-0.15, -0.1) is 0 Å². The SMILES string of the molecule is CC(CC(=O)OC(C)(C)C)C(O)OC(C)(C)C. The number of hydrogen-bond acceptors (Lipinski definition) is 4. The fraction of sp³-hybridized carbons (Fsp3) is 0.923. The minimum Gasteiger partial charge on any atom is -0.460 e. The zero-order chi connectivity index (χ0) is 13.9. The molecule has 0 saturated heterocycles. The highest BCUT2D eigenvalue weighted by Gasteiger charge is 2.25. The Morgan fingerprint density at radius 3 is 1.94 bits per heavy atom. The molecule has 0 bridgehead atoms. The van der Waals surface area contributed by atoms with E-state index in [0.717, 1.165) is 0 Å². The highest BCUT2D eigenvalue weighted by atomic mass is 16.6. The molecule has 2 atom stereocenters. The van der Waals surface area contributed by atoms with Crippen molar-refractivity contribution < 1.29 is 19.4 Å². The molecule has 0 aromatic heterocycles. The predicted molar refractivity (Wildman–Crippen MR) is 66.5 cm³/mol. The van der Waals surface area contributed by atoms with Gasteiger partial charge < -0.3 is 14.6 Å². The zero-order valence-electron chi connectivity index (χ0n) is 12.0. The predicted octanol–water partition coefficient (Wildman–Crippen LogP) is 2.49. The Labute approximate surface area is 104 Å². The highest BCUT2D eigenvalue weighted by molar-refractivity contribution is 5.70. The lowest BCUT2D eigenvalue weighted by atomic mass is 10.1. The summed E-state index contributed by atoms with van der Waals surface area (Å²) in [6, 6.07) is 0. The molecule has 2 unspecified atom stereocenters. The molecule has 4 heteroatoms. The van der Waals surface area contributed by atoms with Crippen molar-refractivity contribution in [3.63, 3.8) is 0 Å².